The molecule has 2 saturated heterocycles. The second-order valence-corrected chi connectivity index (χ2v) is 19.6. The zero-order chi connectivity index (χ0) is 53.4. The Kier molecular flexibility index (Phi) is 16.9. The molecule has 26 heteroatoms. The number of aromatic amines is 2. The molecule has 2 unspecified atom stereocenters. The number of carbonyl (C=O) groups excluding carboxylic acids is 1. The van der Waals surface area contributed by atoms with Gasteiger partial charge in [-0.25, -0.2) is 9.97 Å². The minimum atomic E-state index is -0.780. The molecular weight excluding hydrogens is 1060 g/mol. The van der Waals surface area contributed by atoms with Gasteiger partial charge in [-0.15, -0.1) is 35.1 Å². The summed E-state index contributed by atoms with van der Waals surface area (Å²) in [6, 6.07) is 22.5. The standard InChI is InChI=1S/C26H26N8O3S.C19H21N5O4S.C7H7N3.ClH/c1-36-20-8-7-18(11-21(20)37-2)29-23-22-25(38-14-27-22)32-26(31-23)34-9-3-4-16(13-34)24(35)30-17-6-5-15-12-28-33-19(15)10-17;1-27-13-6-5-12(8-14(13)28-2)21-16-15-17(29-10-20-15)23-19(22-16)24-7-3-4-11(9-24)18(25)26;8-6-2-1-5-4-9-10-7(5)3-6;/h5-8,10-12,14,16H,3-4,9,13H2,1-2H3,(H,28,33)(H,30,35)(H,29,31,32);5-6,8,10-11H,3-4,7,9H2,1-2H3,(H,25,26)(H,21,22,23);1-4H,8H2,(H,9,10);1H. The summed E-state index contributed by atoms with van der Waals surface area (Å²) in [6.45, 7) is 2.42. The van der Waals surface area contributed by atoms with Crippen LogP contribution in [0.4, 0.5) is 46.3 Å². The van der Waals surface area contributed by atoms with Crippen LogP contribution in [0.3, 0.4) is 0 Å². The molecular formula is C52H55ClN16O7S2. The summed E-state index contributed by atoms with van der Waals surface area (Å²) in [5.41, 5.74) is 15.3. The van der Waals surface area contributed by atoms with Crippen LogP contribution in [0.15, 0.2) is 96.2 Å². The molecule has 404 valence electrons. The first kappa shape index (κ1) is 54.0. The van der Waals surface area contributed by atoms with Crippen LogP contribution in [0.5, 0.6) is 23.0 Å². The number of anilines is 8. The summed E-state index contributed by atoms with van der Waals surface area (Å²) in [7, 11) is 6.37. The molecule has 1 amide bonds. The molecule has 2 fully saturated rings. The van der Waals surface area contributed by atoms with Crippen LogP contribution < -0.4 is 50.4 Å². The lowest BCUT2D eigenvalue weighted by atomic mass is 9.97. The maximum absolute atomic E-state index is 13.2. The number of nitrogen functional groups attached to an aromatic ring is 1. The van der Waals surface area contributed by atoms with Crippen LogP contribution in [0, 0.1) is 11.8 Å². The van der Waals surface area contributed by atoms with Crippen molar-refractivity contribution in [1.82, 2.24) is 50.3 Å². The van der Waals surface area contributed by atoms with E-state index in [0.717, 1.165) is 86.6 Å². The summed E-state index contributed by atoms with van der Waals surface area (Å²) >= 11 is 2.87. The van der Waals surface area contributed by atoms with E-state index in [-0.39, 0.29) is 24.2 Å². The minimum Gasteiger partial charge on any atom is -0.493 e. The molecule has 0 radical (unpaired) electrons. The molecule has 12 rings (SSSR count). The Bertz CT molecular complexity index is 3710. The van der Waals surface area contributed by atoms with Gasteiger partial charge in [-0.2, -0.15) is 30.1 Å². The number of nitrogens with two attached hydrogens (primary N) is 1. The number of thiazole rings is 2. The molecule has 2 aliphatic heterocycles. The smallest absolute Gasteiger partial charge is 0.308 e. The molecule has 0 spiro atoms. The molecule has 78 heavy (non-hydrogen) atoms. The zero-order valence-electron chi connectivity index (χ0n) is 42.7. The van der Waals surface area contributed by atoms with Crippen molar-refractivity contribution in [1.29, 1.82) is 0 Å². The van der Waals surface area contributed by atoms with Crippen molar-refractivity contribution < 1.29 is 33.6 Å². The van der Waals surface area contributed by atoms with Crippen molar-refractivity contribution in [3.63, 3.8) is 0 Å². The number of carboxylic acids is 1. The van der Waals surface area contributed by atoms with E-state index < -0.39 is 11.9 Å². The number of hydrogen-bond acceptors (Lipinski definition) is 21. The number of carbonyl (C=O) groups is 2. The number of aromatic nitrogens is 10. The number of methoxy groups -OCH3 is 4. The monoisotopic (exact) mass is 1110 g/mol. The fourth-order valence-electron chi connectivity index (χ4n) is 9.01. The average Bonchev–Trinajstić information content (AvgIpc) is 4.32. The van der Waals surface area contributed by atoms with E-state index in [1.54, 1.807) is 51.9 Å². The zero-order valence-corrected chi connectivity index (χ0v) is 45.2. The van der Waals surface area contributed by atoms with Crippen molar-refractivity contribution >= 4 is 136 Å². The molecule has 0 bridgehead atoms. The van der Waals surface area contributed by atoms with E-state index in [4.69, 9.17) is 34.6 Å². The molecule has 0 saturated carbocycles. The highest BCUT2D eigenvalue weighted by atomic mass is 35.5. The van der Waals surface area contributed by atoms with Gasteiger partial charge in [0.15, 0.2) is 44.3 Å². The van der Waals surface area contributed by atoms with Crippen molar-refractivity contribution in [3.8, 4) is 23.0 Å². The predicted molar refractivity (Wildman–Crippen MR) is 306 cm³/mol. The fraction of sp³-hybridized carbons (Fsp3) is 0.269. The number of nitrogens with zero attached hydrogens (tertiary/aromatic N) is 10. The molecule has 8 N–H and O–H groups in total. The van der Waals surface area contributed by atoms with Gasteiger partial charge in [0.05, 0.1) is 74.7 Å². The number of fused-ring (bicyclic) bond motifs is 4. The number of ether oxygens (including phenoxy) is 4. The summed E-state index contributed by atoms with van der Waals surface area (Å²) < 4.78 is 21.4. The SMILES string of the molecule is COc1ccc(Nc2nc(N3CCCC(C(=O)Nc4ccc5cn[nH]c5c4)C3)nc3scnc23)cc1OC.COc1ccc(Nc2nc(N3CCCC(C(=O)O)C3)nc3scnc23)cc1OC.Cl.Nc1ccc2cn[nH]c2c1. The topological polar surface area (TPSA) is 295 Å². The van der Waals surface area contributed by atoms with E-state index in [2.05, 4.69) is 61.2 Å². The highest BCUT2D eigenvalue weighted by Gasteiger charge is 2.30. The van der Waals surface area contributed by atoms with Gasteiger partial charge in [-0.1, -0.05) is 0 Å². The van der Waals surface area contributed by atoms with Gasteiger partial charge in [-0.3, -0.25) is 19.8 Å². The highest BCUT2D eigenvalue weighted by molar-refractivity contribution is 7.16. The number of benzene rings is 4. The molecule has 8 heterocycles. The number of hydrogen-bond donors (Lipinski definition) is 7. The Hall–Kier alpha value is -8.81. The lowest BCUT2D eigenvalue weighted by molar-refractivity contribution is -0.142. The van der Waals surface area contributed by atoms with Gasteiger partial charge in [-0.05, 0) is 86.3 Å². The number of rotatable bonds is 13. The van der Waals surface area contributed by atoms with E-state index in [1.807, 2.05) is 77.7 Å². The first-order chi connectivity index (χ1) is 37.6. The van der Waals surface area contributed by atoms with Crippen molar-refractivity contribution in [2.75, 3.05) is 86.1 Å². The average molecular weight is 1120 g/mol. The summed E-state index contributed by atoms with van der Waals surface area (Å²) in [4.78, 5) is 57.8. The van der Waals surface area contributed by atoms with Gasteiger partial charge in [0, 0.05) is 71.8 Å². The Labute approximate surface area is 460 Å². The summed E-state index contributed by atoms with van der Waals surface area (Å²) in [5.74, 6) is 3.32. The number of H-pyrrole nitrogens is 2. The van der Waals surface area contributed by atoms with Crippen molar-refractivity contribution in [2.24, 2.45) is 11.8 Å². The fourth-order valence-corrected chi connectivity index (χ4v) is 10.3. The first-order valence-corrected chi connectivity index (χ1v) is 26.2. The van der Waals surface area contributed by atoms with Crippen molar-refractivity contribution in [2.45, 2.75) is 25.7 Å². The van der Waals surface area contributed by atoms with Gasteiger partial charge >= 0.3 is 5.97 Å². The van der Waals surface area contributed by atoms with Gasteiger partial charge < -0.3 is 55.5 Å². The van der Waals surface area contributed by atoms with Crippen LogP contribution in [0.25, 0.3) is 42.5 Å². The summed E-state index contributed by atoms with van der Waals surface area (Å²) in [6.07, 6.45) is 6.65. The third-order valence-corrected chi connectivity index (χ3v) is 14.4. The Morgan fingerprint density at radius 3 is 1.64 bits per heavy atom. The number of carboxylic acid groups (broad SMARTS) is 1. The lowest BCUT2D eigenvalue weighted by Crippen LogP contribution is -2.41. The number of piperidine rings is 2. The third-order valence-electron chi connectivity index (χ3n) is 13.0. The largest absolute Gasteiger partial charge is 0.493 e. The van der Waals surface area contributed by atoms with Crippen LogP contribution in [0.1, 0.15) is 25.7 Å². The number of amides is 1. The van der Waals surface area contributed by atoms with Crippen LogP contribution in [-0.4, -0.2) is 122 Å². The Morgan fingerprint density at radius 1 is 0.628 bits per heavy atom. The van der Waals surface area contributed by atoms with E-state index >= 15 is 0 Å². The highest BCUT2D eigenvalue weighted by Crippen LogP contribution is 2.36. The maximum Gasteiger partial charge on any atom is 0.308 e. The molecule has 10 aromatic rings. The molecule has 2 aliphatic rings. The third kappa shape index (κ3) is 12.2. The second kappa shape index (κ2) is 24.5. The molecule has 0 aliphatic carbocycles. The number of nitrogens with one attached hydrogen (secondary N) is 5. The van der Waals surface area contributed by atoms with E-state index in [0.29, 0.717) is 77.1 Å². The van der Waals surface area contributed by atoms with E-state index in [1.165, 1.54) is 22.7 Å². The van der Waals surface area contributed by atoms with Gasteiger partial charge in [0.1, 0.15) is 11.0 Å². The first-order valence-electron chi connectivity index (χ1n) is 24.4. The molecule has 4 aromatic carbocycles. The van der Waals surface area contributed by atoms with Crippen molar-refractivity contribution in [3.05, 3.63) is 96.2 Å². The van der Waals surface area contributed by atoms with Crippen LogP contribution in [0.2, 0.25) is 0 Å². The number of halogens is 1. The Morgan fingerprint density at radius 2 is 1.12 bits per heavy atom. The Balaban J connectivity index is 0.000000163. The second-order valence-electron chi connectivity index (χ2n) is 17.9. The molecule has 6 aromatic heterocycles. The molecule has 2 atom stereocenters. The lowest BCUT2D eigenvalue weighted by Gasteiger charge is -2.32. The minimum absolute atomic E-state index is 0. The van der Waals surface area contributed by atoms with Gasteiger partial charge in [0.25, 0.3) is 0 Å². The van der Waals surface area contributed by atoms with Crippen LogP contribution >= 0.6 is 35.1 Å². The predicted octanol–water partition coefficient (Wildman–Crippen LogP) is 9.29. The quantitative estimate of drug-likeness (QED) is 0.0529. The normalized spacial score (nSPS) is 15.1. The maximum atomic E-state index is 13.2. The molecule has 23 nitrogen and oxygen atoms in total. The van der Waals surface area contributed by atoms with Gasteiger partial charge in [0.2, 0.25) is 17.8 Å². The summed E-state index contributed by atoms with van der Waals surface area (Å²) in [5, 5.41) is 34.8. The van der Waals surface area contributed by atoms with E-state index in [9.17, 15) is 14.7 Å². The van der Waals surface area contributed by atoms with Crippen LogP contribution in [-0.2, 0) is 9.59 Å². The number of aliphatic carboxylic acids is 1.